The summed E-state index contributed by atoms with van der Waals surface area (Å²) in [6, 6.07) is 6.55. The number of nitrogens with zero attached hydrogens (tertiary/aromatic N) is 2. The molecule has 0 spiro atoms. The number of rotatable bonds is 1. The molecule has 0 bridgehead atoms. The van der Waals surface area contributed by atoms with Crippen molar-refractivity contribution < 1.29 is 4.79 Å². The fourth-order valence-corrected chi connectivity index (χ4v) is 3.89. The Bertz CT molecular complexity index is 586. The minimum atomic E-state index is -0.0134. The molecule has 1 unspecified atom stereocenters. The fourth-order valence-electron chi connectivity index (χ4n) is 3.89. The van der Waals surface area contributed by atoms with Gasteiger partial charge in [0.15, 0.2) is 0 Å². The minimum absolute atomic E-state index is 0.0134. The molecule has 0 saturated carbocycles. The number of hydrogen-bond acceptors (Lipinski definition) is 3. The summed E-state index contributed by atoms with van der Waals surface area (Å²) in [4.78, 5) is 16.4. The highest BCUT2D eigenvalue weighted by Crippen LogP contribution is 2.41. The molecule has 3 rings (SSSR count). The average molecular weight is 301 g/mol. The number of amides is 1. The molecule has 1 amide bonds. The van der Waals surface area contributed by atoms with Crippen molar-refractivity contribution in [3.63, 3.8) is 0 Å². The molecule has 4 heteroatoms. The van der Waals surface area contributed by atoms with E-state index in [1.54, 1.807) is 6.92 Å². The predicted octanol–water partition coefficient (Wildman–Crippen LogP) is 2.92. The van der Waals surface area contributed by atoms with Gasteiger partial charge >= 0.3 is 0 Å². The van der Waals surface area contributed by atoms with Crippen molar-refractivity contribution in [2.75, 3.05) is 22.9 Å². The molecule has 0 radical (unpaired) electrons. The predicted molar refractivity (Wildman–Crippen MR) is 91.2 cm³/mol. The van der Waals surface area contributed by atoms with Crippen molar-refractivity contribution >= 4 is 17.3 Å². The highest BCUT2D eigenvalue weighted by Gasteiger charge is 2.36. The molecule has 1 fully saturated rings. The summed E-state index contributed by atoms with van der Waals surface area (Å²) in [5, 5.41) is 0. The number of hydrogen-bond donors (Lipinski definition) is 1. The third-order valence-corrected chi connectivity index (χ3v) is 5.49. The molecule has 1 saturated heterocycles. The Morgan fingerprint density at radius 1 is 1.27 bits per heavy atom. The second-order valence-electron chi connectivity index (χ2n) is 7.10. The number of carbonyl (C=O) groups is 1. The van der Waals surface area contributed by atoms with Gasteiger partial charge in [-0.25, -0.2) is 0 Å². The van der Waals surface area contributed by atoms with Crippen molar-refractivity contribution in [1.82, 2.24) is 0 Å². The monoisotopic (exact) mass is 301 g/mol. The smallest absolute Gasteiger partial charge is 0.224 e. The highest BCUT2D eigenvalue weighted by molar-refractivity contribution is 5.94. The van der Waals surface area contributed by atoms with Crippen molar-refractivity contribution in [2.24, 2.45) is 17.6 Å². The lowest BCUT2D eigenvalue weighted by Gasteiger charge is -2.42. The van der Waals surface area contributed by atoms with Crippen LogP contribution in [-0.4, -0.2) is 25.0 Å². The lowest BCUT2D eigenvalue weighted by Crippen LogP contribution is -2.48. The van der Waals surface area contributed by atoms with Crippen LogP contribution in [0.1, 0.15) is 45.7 Å². The van der Waals surface area contributed by atoms with Gasteiger partial charge in [-0.3, -0.25) is 4.79 Å². The molecule has 0 aromatic heterocycles. The Morgan fingerprint density at radius 3 is 2.59 bits per heavy atom. The van der Waals surface area contributed by atoms with Gasteiger partial charge in [-0.05, 0) is 48.9 Å². The number of fused-ring (bicyclic) bond motifs is 1. The number of benzene rings is 1. The van der Waals surface area contributed by atoms with Gasteiger partial charge in [0.2, 0.25) is 5.91 Å². The van der Waals surface area contributed by atoms with Gasteiger partial charge in [0.25, 0.3) is 0 Å². The zero-order valence-corrected chi connectivity index (χ0v) is 14.0. The van der Waals surface area contributed by atoms with E-state index in [-0.39, 0.29) is 23.9 Å². The van der Waals surface area contributed by atoms with Crippen LogP contribution in [0.2, 0.25) is 0 Å². The van der Waals surface area contributed by atoms with Crippen LogP contribution in [0.25, 0.3) is 0 Å². The Balaban J connectivity index is 2.01. The molecule has 120 valence electrons. The van der Waals surface area contributed by atoms with E-state index < -0.39 is 0 Å². The van der Waals surface area contributed by atoms with Gasteiger partial charge in [0, 0.05) is 43.5 Å². The van der Waals surface area contributed by atoms with E-state index in [2.05, 4.69) is 43.9 Å². The van der Waals surface area contributed by atoms with E-state index >= 15 is 0 Å². The van der Waals surface area contributed by atoms with Crippen LogP contribution in [0, 0.1) is 11.8 Å². The van der Waals surface area contributed by atoms with Crippen molar-refractivity contribution in [2.45, 2.75) is 46.2 Å². The summed E-state index contributed by atoms with van der Waals surface area (Å²) < 4.78 is 0. The standard InChI is InChI=1S/C18H27N3O/c1-11-7-8-20(10-11)15-5-6-17-16(9-15)18(19)12(2)13(3)21(17)14(4)22/h5-6,9,11-13,18H,7-8,10,19H2,1-4H3/t11?,12-,13-,18+/m0/s1. The third-order valence-electron chi connectivity index (χ3n) is 5.49. The second kappa shape index (κ2) is 5.58. The molecule has 1 aromatic carbocycles. The van der Waals surface area contributed by atoms with Crippen LogP contribution in [0.5, 0.6) is 0 Å². The van der Waals surface area contributed by atoms with Crippen LogP contribution in [0.15, 0.2) is 18.2 Å². The lowest BCUT2D eigenvalue weighted by atomic mass is 9.83. The van der Waals surface area contributed by atoms with E-state index in [0.29, 0.717) is 0 Å². The summed E-state index contributed by atoms with van der Waals surface area (Å²) >= 11 is 0. The average Bonchev–Trinajstić information content (AvgIpc) is 2.91. The summed E-state index contributed by atoms with van der Waals surface area (Å²) in [7, 11) is 0. The SMILES string of the molecule is CC(=O)N1c2ccc(N3CCC(C)C3)cc2[C@H](N)[C@@H](C)[C@@H]1C. The van der Waals surface area contributed by atoms with E-state index in [4.69, 9.17) is 5.73 Å². The van der Waals surface area contributed by atoms with Gasteiger partial charge in [0.1, 0.15) is 0 Å². The van der Waals surface area contributed by atoms with Crippen LogP contribution in [0.4, 0.5) is 11.4 Å². The molecule has 2 N–H and O–H groups in total. The van der Waals surface area contributed by atoms with E-state index in [9.17, 15) is 4.79 Å². The maximum absolute atomic E-state index is 12.1. The van der Waals surface area contributed by atoms with E-state index in [0.717, 1.165) is 30.3 Å². The van der Waals surface area contributed by atoms with Crippen LogP contribution in [-0.2, 0) is 4.79 Å². The van der Waals surface area contributed by atoms with Gasteiger partial charge in [-0.2, -0.15) is 0 Å². The number of anilines is 2. The first-order valence-corrected chi connectivity index (χ1v) is 8.34. The number of carbonyl (C=O) groups excluding carboxylic acids is 1. The van der Waals surface area contributed by atoms with Crippen LogP contribution in [0.3, 0.4) is 0 Å². The maximum Gasteiger partial charge on any atom is 0.224 e. The molecule has 4 nitrogen and oxygen atoms in total. The molecule has 22 heavy (non-hydrogen) atoms. The van der Waals surface area contributed by atoms with Crippen LogP contribution < -0.4 is 15.5 Å². The van der Waals surface area contributed by atoms with Gasteiger partial charge in [-0.15, -0.1) is 0 Å². The van der Waals surface area contributed by atoms with Gasteiger partial charge in [-0.1, -0.05) is 13.8 Å². The first kappa shape index (κ1) is 15.3. The first-order chi connectivity index (χ1) is 10.4. The van der Waals surface area contributed by atoms with Crippen LogP contribution >= 0.6 is 0 Å². The van der Waals surface area contributed by atoms with Crippen molar-refractivity contribution in [3.8, 4) is 0 Å². The van der Waals surface area contributed by atoms with Crippen molar-refractivity contribution in [3.05, 3.63) is 23.8 Å². The maximum atomic E-state index is 12.1. The van der Waals surface area contributed by atoms with E-state index in [1.165, 1.54) is 12.1 Å². The second-order valence-corrected chi connectivity index (χ2v) is 7.10. The molecule has 2 heterocycles. The minimum Gasteiger partial charge on any atom is -0.371 e. The largest absolute Gasteiger partial charge is 0.371 e. The van der Waals surface area contributed by atoms with Gasteiger partial charge < -0.3 is 15.5 Å². The Morgan fingerprint density at radius 2 is 2.00 bits per heavy atom. The summed E-state index contributed by atoms with van der Waals surface area (Å²) in [6.45, 7) is 10.4. The molecular formula is C18H27N3O. The molecule has 4 atom stereocenters. The normalized spacial score (nSPS) is 31.3. The Labute approximate surface area is 133 Å². The highest BCUT2D eigenvalue weighted by atomic mass is 16.2. The lowest BCUT2D eigenvalue weighted by molar-refractivity contribution is -0.117. The Hall–Kier alpha value is -1.55. The first-order valence-electron chi connectivity index (χ1n) is 8.34. The molecule has 0 aliphatic carbocycles. The zero-order chi connectivity index (χ0) is 16.0. The summed E-state index contributed by atoms with van der Waals surface area (Å²) in [5.74, 6) is 1.09. The molecular weight excluding hydrogens is 274 g/mol. The summed E-state index contributed by atoms with van der Waals surface area (Å²) in [5.41, 5.74) is 9.82. The van der Waals surface area contributed by atoms with Gasteiger partial charge in [0.05, 0.1) is 0 Å². The quantitative estimate of drug-likeness (QED) is 0.867. The summed E-state index contributed by atoms with van der Waals surface area (Å²) in [6.07, 6.45) is 1.25. The van der Waals surface area contributed by atoms with E-state index in [1.807, 2.05) is 4.90 Å². The topological polar surface area (TPSA) is 49.6 Å². The Kier molecular flexibility index (Phi) is 3.89. The third kappa shape index (κ3) is 2.39. The fraction of sp³-hybridized carbons (Fsp3) is 0.611. The molecule has 2 aliphatic heterocycles. The molecule has 1 aromatic rings. The zero-order valence-electron chi connectivity index (χ0n) is 14.0. The number of nitrogens with two attached hydrogens (primary N) is 1. The molecule has 2 aliphatic rings. The van der Waals surface area contributed by atoms with Crippen molar-refractivity contribution in [1.29, 1.82) is 0 Å².